The van der Waals surface area contributed by atoms with E-state index in [2.05, 4.69) is 34.3 Å². The summed E-state index contributed by atoms with van der Waals surface area (Å²) in [5.41, 5.74) is 0.528. The number of thioether (sulfide) groups is 1. The van der Waals surface area contributed by atoms with E-state index in [1.54, 1.807) is 0 Å². The molecule has 2 fully saturated rings. The quantitative estimate of drug-likeness (QED) is 0.601. The Morgan fingerprint density at radius 1 is 1.26 bits per heavy atom. The number of nitrogens with one attached hydrogen (secondary N) is 2. The summed E-state index contributed by atoms with van der Waals surface area (Å²) in [6.07, 6.45) is 9.59. The van der Waals surface area contributed by atoms with E-state index < -0.39 is 0 Å². The van der Waals surface area contributed by atoms with Crippen LogP contribution in [-0.2, 0) is 0 Å². The average molecular weight is 283 g/mol. The van der Waals surface area contributed by atoms with Crippen molar-refractivity contribution in [2.45, 2.75) is 57.1 Å². The predicted octanol–water partition coefficient (Wildman–Crippen LogP) is 3.02. The second-order valence-electron chi connectivity index (χ2n) is 6.00. The molecule has 0 amide bonds. The monoisotopic (exact) mass is 283 g/mol. The maximum atomic E-state index is 4.36. The molecule has 2 N–H and O–H groups in total. The Hall–Kier alpha value is -0.380. The fourth-order valence-electron chi connectivity index (χ4n) is 3.29. The molecule has 1 aliphatic heterocycles. The van der Waals surface area contributed by atoms with Gasteiger partial charge < -0.3 is 10.6 Å². The molecule has 2 rings (SSSR count). The first kappa shape index (κ1) is 15.0. The van der Waals surface area contributed by atoms with Gasteiger partial charge in [-0.15, -0.1) is 0 Å². The lowest BCUT2D eigenvalue weighted by molar-refractivity contribution is 0.283. The van der Waals surface area contributed by atoms with Crippen molar-refractivity contribution in [3.8, 4) is 0 Å². The minimum atomic E-state index is 0.528. The van der Waals surface area contributed by atoms with Crippen LogP contribution in [0.3, 0.4) is 0 Å². The Labute approximate surface area is 122 Å². The van der Waals surface area contributed by atoms with E-state index in [1.165, 1.54) is 50.7 Å². The SMILES string of the molecule is CCC1(CNC(=NC)NCC2CCCS2)CCCC1. The molecule has 1 saturated heterocycles. The van der Waals surface area contributed by atoms with Gasteiger partial charge in [-0.05, 0) is 43.3 Å². The zero-order chi connectivity index (χ0) is 13.6. The third kappa shape index (κ3) is 4.30. The van der Waals surface area contributed by atoms with Gasteiger partial charge in [-0.3, -0.25) is 4.99 Å². The van der Waals surface area contributed by atoms with Crippen LogP contribution in [0.25, 0.3) is 0 Å². The number of rotatable bonds is 5. The number of hydrogen-bond acceptors (Lipinski definition) is 2. The third-order valence-electron chi connectivity index (χ3n) is 4.79. The Balaban J connectivity index is 1.72. The van der Waals surface area contributed by atoms with Crippen molar-refractivity contribution in [3.63, 3.8) is 0 Å². The summed E-state index contributed by atoms with van der Waals surface area (Å²) in [6, 6.07) is 0. The number of aliphatic imine (C=N–C) groups is 1. The van der Waals surface area contributed by atoms with Crippen molar-refractivity contribution < 1.29 is 0 Å². The van der Waals surface area contributed by atoms with Crippen LogP contribution in [0.4, 0.5) is 0 Å². The highest BCUT2D eigenvalue weighted by molar-refractivity contribution is 8.00. The molecule has 4 heteroatoms. The minimum absolute atomic E-state index is 0.528. The largest absolute Gasteiger partial charge is 0.356 e. The van der Waals surface area contributed by atoms with Gasteiger partial charge in [-0.2, -0.15) is 11.8 Å². The summed E-state index contributed by atoms with van der Waals surface area (Å²) in [5.74, 6) is 2.32. The highest BCUT2D eigenvalue weighted by Crippen LogP contribution is 2.40. The molecular weight excluding hydrogens is 254 g/mol. The number of guanidine groups is 1. The predicted molar refractivity (Wildman–Crippen MR) is 86.0 cm³/mol. The second-order valence-corrected chi connectivity index (χ2v) is 7.41. The Kier molecular flexibility index (Phi) is 5.86. The van der Waals surface area contributed by atoms with Gasteiger partial charge in [0.1, 0.15) is 0 Å². The maximum Gasteiger partial charge on any atom is 0.191 e. The molecule has 1 unspecified atom stereocenters. The Morgan fingerprint density at radius 2 is 2.05 bits per heavy atom. The average Bonchev–Trinajstić information content (AvgIpc) is 3.11. The van der Waals surface area contributed by atoms with Crippen molar-refractivity contribution >= 4 is 17.7 Å². The van der Waals surface area contributed by atoms with Gasteiger partial charge in [-0.25, -0.2) is 0 Å². The number of nitrogens with zero attached hydrogens (tertiary/aromatic N) is 1. The molecule has 19 heavy (non-hydrogen) atoms. The van der Waals surface area contributed by atoms with Gasteiger partial charge >= 0.3 is 0 Å². The summed E-state index contributed by atoms with van der Waals surface area (Å²) in [4.78, 5) is 4.36. The topological polar surface area (TPSA) is 36.4 Å². The van der Waals surface area contributed by atoms with Crippen LogP contribution in [0.15, 0.2) is 4.99 Å². The molecule has 0 bridgehead atoms. The molecule has 0 aromatic rings. The van der Waals surface area contributed by atoms with Gasteiger partial charge in [0.2, 0.25) is 0 Å². The van der Waals surface area contributed by atoms with Crippen LogP contribution in [0.2, 0.25) is 0 Å². The van der Waals surface area contributed by atoms with E-state index >= 15 is 0 Å². The van der Waals surface area contributed by atoms with Crippen molar-refractivity contribution in [2.75, 3.05) is 25.9 Å². The first-order chi connectivity index (χ1) is 9.28. The molecule has 1 saturated carbocycles. The van der Waals surface area contributed by atoms with E-state index in [0.717, 1.165) is 24.3 Å². The van der Waals surface area contributed by atoms with Crippen LogP contribution in [0.5, 0.6) is 0 Å². The fourth-order valence-corrected chi connectivity index (χ4v) is 4.49. The molecule has 2 aliphatic rings. The fraction of sp³-hybridized carbons (Fsp3) is 0.933. The van der Waals surface area contributed by atoms with Crippen LogP contribution in [0, 0.1) is 5.41 Å². The van der Waals surface area contributed by atoms with Crippen LogP contribution >= 0.6 is 11.8 Å². The van der Waals surface area contributed by atoms with Crippen LogP contribution < -0.4 is 10.6 Å². The first-order valence-corrected chi connectivity index (χ1v) is 8.89. The van der Waals surface area contributed by atoms with Gasteiger partial charge in [-0.1, -0.05) is 19.8 Å². The molecule has 0 radical (unpaired) electrons. The standard InChI is InChI=1S/C15H29N3S/c1-3-15(8-4-5-9-15)12-18-14(16-2)17-11-13-7-6-10-19-13/h13H,3-12H2,1-2H3,(H2,16,17,18). The van der Waals surface area contributed by atoms with Gasteiger partial charge in [0.25, 0.3) is 0 Å². The molecule has 110 valence electrons. The van der Waals surface area contributed by atoms with E-state index in [0.29, 0.717) is 5.41 Å². The van der Waals surface area contributed by atoms with E-state index in [-0.39, 0.29) is 0 Å². The molecular formula is C15H29N3S. The van der Waals surface area contributed by atoms with Gasteiger partial charge in [0.05, 0.1) is 0 Å². The highest BCUT2D eigenvalue weighted by atomic mass is 32.2. The van der Waals surface area contributed by atoms with Gasteiger partial charge in [0.15, 0.2) is 5.96 Å². The van der Waals surface area contributed by atoms with Crippen molar-refractivity contribution in [3.05, 3.63) is 0 Å². The van der Waals surface area contributed by atoms with Crippen LogP contribution in [-0.4, -0.2) is 37.1 Å². The summed E-state index contributed by atoms with van der Waals surface area (Å²) >= 11 is 2.10. The summed E-state index contributed by atoms with van der Waals surface area (Å²) in [6.45, 7) is 4.48. The molecule has 3 nitrogen and oxygen atoms in total. The zero-order valence-corrected chi connectivity index (χ0v) is 13.3. The first-order valence-electron chi connectivity index (χ1n) is 7.84. The molecule has 0 aromatic heterocycles. The van der Waals surface area contributed by atoms with Crippen LogP contribution in [0.1, 0.15) is 51.9 Å². The summed E-state index contributed by atoms with van der Waals surface area (Å²) < 4.78 is 0. The lowest BCUT2D eigenvalue weighted by Crippen LogP contribution is -2.44. The molecule has 0 spiro atoms. The highest BCUT2D eigenvalue weighted by Gasteiger charge is 2.31. The van der Waals surface area contributed by atoms with Crippen molar-refractivity contribution in [2.24, 2.45) is 10.4 Å². The zero-order valence-electron chi connectivity index (χ0n) is 12.5. The Bertz CT molecular complexity index is 292. The lowest BCUT2D eigenvalue weighted by Gasteiger charge is -2.28. The van der Waals surface area contributed by atoms with E-state index in [1.807, 2.05) is 7.05 Å². The second kappa shape index (κ2) is 7.41. The molecule has 1 atom stereocenters. The van der Waals surface area contributed by atoms with E-state index in [9.17, 15) is 0 Å². The molecule has 1 aliphatic carbocycles. The van der Waals surface area contributed by atoms with Crippen molar-refractivity contribution in [1.29, 1.82) is 0 Å². The van der Waals surface area contributed by atoms with Gasteiger partial charge in [0, 0.05) is 25.4 Å². The normalized spacial score (nSPS) is 26.6. The maximum absolute atomic E-state index is 4.36. The molecule has 0 aromatic carbocycles. The third-order valence-corrected chi connectivity index (χ3v) is 6.19. The van der Waals surface area contributed by atoms with Crippen molar-refractivity contribution in [1.82, 2.24) is 10.6 Å². The molecule has 1 heterocycles. The Morgan fingerprint density at radius 3 is 2.63 bits per heavy atom. The van der Waals surface area contributed by atoms with E-state index in [4.69, 9.17) is 0 Å². The number of hydrogen-bond donors (Lipinski definition) is 2. The minimum Gasteiger partial charge on any atom is -0.356 e. The summed E-state index contributed by atoms with van der Waals surface area (Å²) in [7, 11) is 1.88. The smallest absolute Gasteiger partial charge is 0.191 e. The lowest BCUT2D eigenvalue weighted by atomic mass is 9.83. The summed E-state index contributed by atoms with van der Waals surface area (Å²) in [5, 5.41) is 7.83.